The fourth-order valence-corrected chi connectivity index (χ4v) is 1.84. The van der Waals surface area contributed by atoms with Gasteiger partial charge in [-0.15, -0.1) is 0 Å². The maximum absolute atomic E-state index is 12.6. The fraction of sp³-hybridized carbons (Fsp3) is 0.455. The second-order valence-electron chi connectivity index (χ2n) is 4.35. The third-order valence-electron chi connectivity index (χ3n) is 2.89. The Balaban J connectivity index is 2.41. The number of aromatic nitrogens is 3. The molecule has 0 aromatic carbocycles. The van der Waals surface area contributed by atoms with Gasteiger partial charge in [-0.3, -0.25) is 4.79 Å². The van der Waals surface area contributed by atoms with Crippen molar-refractivity contribution in [2.75, 3.05) is 6.54 Å². The number of alkyl halides is 3. The van der Waals surface area contributed by atoms with Gasteiger partial charge in [0.05, 0.1) is 11.6 Å². The van der Waals surface area contributed by atoms with Crippen molar-refractivity contribution in [1.29, 1.82) is 0 Å². The average molecular weight is 274 g/mol. The third-order valence-corrected chi connectivity index (χ3v) is 2.89. The van der Waals surface area contributed by atoms with Crippen molar-refractivity contribution in [2.45, 2.75) is 19.6 Å². The Morgan fingerprint density at radius 2 is 2.11 bits per heavy atom. The van der Waals surface area contributed by atoms with Gasteiger partial charge in [-0.1, -0.05) is 0 Å². The highest BCUT2D eigenvalue weighted by atomic mass is 19.4. The van der Waals surface area contributed by atoms with Crippen molar-refractivity contribution in [3.05, 3.63) is 34.5 Å². The maximum Gasteiger partial charge on any atom is 0.394 e. The molecule has 0 aliphatic rings. The van der Waals surface area contributed by atoms with Gasteiger partial charge < -0.3 is 10.3 Å². The highest BCUT2D eigenvalue weighted by molar-refractivity contribution is 5.44. The number of hydrogen-bond donors (Lipinski definition) is 1. The van der Waals surface area contributed by atoms with E-state index in [-0.39, 0.29) is 5.52 Å². The number of hydrogen-bond acceptors (Lipinski definition) is 3. The number of nitrogens with zero attached hydrogens (tertiary/aromatic N) is 3. The lowest BCUT2D eigenvalue weighted by Gasteiger charge is -2.19. The summed E-state index contributed by atoms with van der Waals surface area (Å²) in [6.45, 7) is 0.661. The summed E-state index contributed by atoms with van der Waals surface area (Å²) in [7, 11) is 0. The van der Waals surface area contributed by atoms with Crippen LogP contribution in [0.2, 0.25) is 0 Å². The molecule has 1 unspecified atom stereocenters. The van der Waals surface area contributed by atoms with Gasteiger partial charge in [0, 0.05) is 25.5 Å². The molecule has 104 valence electrons. The van der Waals surface area contributed by atoms with E-state index in [0.29, 0.717) is 5.69 Å². The van der Waals surface area contributed by atoms with Gasteiger partial charge in [0.1, 0.15) is 5.52 Å². The molecule has 8 heteroatoms. The first-order valence-corrected chi connectivity index (χ1v) is 5.65. The minimum atomic E-state index is -4.42. The molecule has 0 amide bonds. The lowest BCUT2D eigenvalue weighted by molar-refractivity contribution is -0.175. The molecular weight excluding hydrogens is 261 g/mol. The second-order valence-corrected chi connectivity index (χ2v) is 4.35. The summed E-state index contributed by atoms with van der Waals surface area (Å²) in [6.07, 6.45) is -1.68. The van der Waals surface area contributed by atoms with E-state index >= 15 is 0 Å². The van der Waals surface area contributed by atoms with Gasteiger partial charge >= 0.3 is 6.18 Å². The lowest BCUT2D eigenvalue weighted by Crippen LogP contribution is -2.36. The van der Waals surface area contributed by atoms with Crippen LogP contribution >= 0.6 is 0 Å². The molecular formula is C11H13F3N4O. The van der Waals surface area contributed by atoms with E-state index in [0.717, 1.165) is 4.57 Å². The van der Waals surface area contributed by atoms with Crippen molar-refractivity contribution in [3.8, 4) is 0 Å². The van der Waals surface area contributed by atoms with Gasteiger partial charge in [-0.05, 0) is 13.0 Å². The van der Waals surface area contributed by atoms with Crippen molar-refractivity contribution in [2.24, 2.45) is 11.7 Å². The highest BCUT2D eigenvalue weighted by Gasteiger charge is 2.38. The molecule has 1 atom stereocenters. The lowest BCUT2D eigenvalue weighted by atomic mass is 10.1. The van der Waals surface area contributed by atoms with Crippen molar-refractivity contribution < 1.29 is 13.2 Å². The first-order chi connectivity index (χ1) is 8.82. The molecule has 2 heterocycles. The first kappa shape index (κ1) is 13.6. The Morgan fingerprint density at radius 3 is 2.68 bits per heavy atom. The molecule has 0 saturated heterocycles. The largest absolute Gasteiger partial charge is 0.394 e. The maximum atomic E-state index is 12.6. The van der Waals surface area contributed by atoms with Gasteiger partial charge in [-0.2, -0.15) is 18.3 Å². The molecule has 2 N–H and O–H groups in total. The Kier molecular flexibility index (Phi) is 3.36. The van der Waals surface area contributed by atoms with Crippen LogP contribution in [0, 0.1) is 12.8 Å². The Bertz CT molecular complexity index is 643. The summed E-state index contributed by atoms with van der Waals surface area (Å²) in [5.41, 5.74) is 5.49. The first-order valence-electron chi connectivity index (χ1n) is 5.65. The van der Waals surface area contributed by atoms with E-state index < -0.39 is 30.7 Å². The molecule has 5 nitrogen and oxygen atoms in total. The summed E-state index contributed by atoms with van der Waals surface area (Å²) >= 11 is 0. The predicted molar refractivity (Wildman–Crippen MR) is 62.8 cm³/mol. The number of aryl methyl sites for hydroxylation is 1. The Morgan fingerprint density at radius 1 is 1.42 bits per heavy atom. The van der Waals surface area contributed by atoms with Gasteiger partial charge in [0.25, 0.3) is 5.56 Å². The van der Waals surface area contributed by atoms with E-state index in [1.165, 1.54) is 23.0 Å². The molecule has 0 saturated carbocycles. The summed E-state index contributed by atoms with van der Waals surface area (Å²) in [6, 6.07) is 1.53. The third kappa shape index (κ3) is 2.62. The minimum absolute atomic E-state index is 0.248. The summed E-state index contributed by atoms with van der Waals surface area (Å²) in [5, 5.41) is 4.02. The Labute approximate surface area is 106 Å². The molecule has 0 bridgehead atoms. The van der Waals surface area contributed by atoms with Crippen LogP contribution in [-0.4, -0.2) is 26.9 Å². The fourth-order valence-electron chi connectivity index (χ4n) is 1.84. The minimum Gasteiger partial charge on any atom is -0.330 e. The number of nitrogens with two attached hydrogens (primary N) is 1. The van der Waals surface area contributed by atoms with E-state index in [9.17, 15) is 18.0 Å². The standard InChI is InChI=1S/C11H13F3N4O/c1-7-4-9-10(19)17(2-3-18(9)16-7)6-8(5-15)11(12,13)14/h2-4,8H,5-6,15H2,1H3. The van der Waals surface area contributed by atoms with Crippen LogP contribution in [-0.2, 0) is 6.54 Å². The van der Waals surface area contributed by atoms with Crippen LogP contribution in [0.25, 0.3) is 5.52 Å². The van der Waals surface area contributed by atoms with Crippen LogP contribution in [0.5, 0.6) is 0 Å². The molecule has 19 heavy (non-hydrogen) atoms. The van der Waals surface area contributed by atoms with E-state index in [1.807, 2.05) is 0 Å². The average Bonchev–Trinajstić information content (AvgIpc) is 2.68. The normalized spacial score (nSPS) is 13.9. The topological polar surface area (TPSA) is 65.3 Å². The van der Waals surface area contributed by atoms with E-state index in [2.05, 4.69) is 5.10 Å². The molecule has 0 fully saturated rings. The zero-order valence-electron chi connectivity index (χ0n) is 10.2. The van der Waals surface area contributed by atoms with E-state index in [1.54, 1.807) is 6.92 Å². The van der Waals surface area contributed by atoms with Crippen LogP contribution < -0.4 is 11.3 Å². The van der Waals surface area contributed by atoms with Crippen molar-refractivity contribution in [3.63, 3.8) is 0 Å². The quantitative estimate of drug-likeness (QED) is 0.906. The smallest absolute Gasteiger partial charge is 0.330 e. The number of fused-ring (bicyclic) bond motifs is 1. The molecule has 0 aliphatic heterocycles. The van der Waals surface area contributed by atoms with Crippen LogP contribution in [0.15, 0.2) is 23.3 Å². The van der Waals surface area contributed by atoms with Crippen LogP contribution in [0.3, 0.4) is 0 Å². The van der Waals surface area contributed by atoms with Crippen molar-refractivity contribution in [1.82, 2.24) is 14.2 Å². The second kappa shape index (κ2) is 4.69. The van der Waals surface area contributed by atoms with Crippen molar-refractivity contribution >= 4 is 5.52 Å². The number of halogens is 3. The van der Waals surface area contributed by atoms with Crippen LogP contribution in [0.4, 0.5) is 13.2 Å². The monoisotopic (exact) mass is 274 g/mol. The zero-order valence-corrected chi connectivity index (χ0v) is 10.2. The number of rotatable bonds is 3. The predicted octanol–water partition coefficient (Wildman–Crippen LogP) is 0.942. The molecule has 0 radical (unpaired) electrons. The summed E-state index contributed by atoms with van der Waals surface area (Å²) < 4.78 is 40.3. The zero-order chi connectivity index (χ0) is 14.2. The van der Waals surface area contributed by atoms with Gasteiger partial charge in [-0.25, -0.2) is 4.52 Å². The van der Waals surface area contributed by atoms with Gasteiger partial charge in [0.15, 0.2) is 0 Å². The van der Waals surface area contributed by atoms with Crippen LogP contribution in [0.1, 0.15) is 5.69 Å². The molecule has 0 aliphatic carbocycles. The summed E-state index contributed by atoms with van der Waals surface area (Å²) in [4.78, 5) is 12.0. The SMILES string of the molecule is Cc1cc2c(=O)n(CC(CN)C(F)(F)F)ccn2n1. The summed E-state index contributed by atoms with van der Waals surface area (Å²) in [5.74, 6) is -1.74. The van der Waals surface area contributed by atoms with Gasteiger partial charge in [0.2, 0.25) is 0 Å². The molecule has 2 aromatic heterocycles. The Hall–Kier alpha value is -1.83. The van der Waals surface area contributed by atoms with E-state index in [4.69, 9.17) is 5.73 Å². The highest BCUT2D eigenvalue weighted by Crippen LogP contribution is 2.26. The molecule has 0 spiro atoms. The molecule has 2 aromatic rings. The molecule has 2 rings (SSSR count).